The molecule has 0 aromatic carbocycles. The van der Waals surface area contributed by atoms with Crippen LogP contribution in [0.25, 0.3) is 0 Å². The van der Waals surface area contributed by atoms with Crippen LogP contribution in [0, 0.1) is 6.92 Å². The number of aryl methyl sites for hydroxylation is 2. The van der Waals surface area contributed by atoms with Crippen molar-refractivity contribution in [1.29, 1.82) is 0 Å². The van der Waals surface area contributed by atoms with Crippen LogP contribution in [0.4, 0.5) is 5.82 Å². The van der Waals surface area contributed by atoms with Crippen LogP contribution in [-0.2, 0) is 18.4 Å². The van der Waals surface area contributed by atoms with Gasteiger partial charge in [0.2, 0.25) is 5.91 Å². The molecule has 0 saturated heterocycles. The predicted octanol–water partition coefficient (Wildman–Crippen LogP) is 0.262. The molecular weight excluding hydrogens is 250 g/mol. The lowest BCUT2D eigenvalue weighted by Gasteiger charge is -2.04. The Bertz CT molecular complexity index is 628. The van der Waals surface area contributed by atoms with E-state index in [1.54, 1.807) is 17.8 Å². The molecule has 2 aromatic rings. The second-order valence-electron chi connectivity index (χ2n) is 4.07. The Hall–Kier alpha value is -2.64. The number of nitrogens with one attached hydrogen (secondary N) is 1. The summed E-state index contributed by atoms with van der Waals surface area (Å²) in [5.74, 6) is -0.801. The SMILES string of the molecule is Cc1cc(NC(=O)Cn2cc(C(=O)O)cn2)n(C)n1. The lowest BCUT2D eigenvalue weighted by molar-refractivity contribution is -0.117. The van der Waals surface area contributed by atoms with E-state index in [0.717, 1.165) is 5.69 Å². The van der Waals surface area contributed by atoms with Crippen LogP contribution < -0.4 is 5.32 Å². The minimum atomic E-state index is -1.08. The van der Waals surface area contributed by atoms with Crippen molar-refractivity contribution in [2.75, 3.05) is 5.32 Å². The van der Waals surface area contributed by atoms with Crippen LogP contribution in [-0.4, -0.2) is 36.5 Å². The van der Waals surface area contributed by atoms with Gasteiger partial charge in [-0.05, 0) is 6.92 Å². The number of carboxylic acids is 1. The number of rotatable bonds is 4. The predicted molar refractivity (Wildman–Crippen MR) is 65.8 cm³/mol. The molecule has 8 nitrogen and oxygen atoms in total. The standard InChI is InChI=1S/C11H13N5O3/c1-7-3-9(15(2)14-7)13-10(17)6-16-5-8(4-12-16)11(18)19/h3-5H,6H2,1-2H3,(H,13,17)(H,18,19). The van der Waals surface area contributed by atoms with Crippen molar-refractivity contribution < 1.29 is 14.7 Å². The van der Waals surface area contributed by atoms with Gasteiger partial charge in [0, 0.05) is 19.3 Å². The highest BCUT2D eigenvalue weighted by Gasteiger charge is 2.10. The first-order valence-corrected chi connectivity index (χ1v) is 5.52. The fraction of sp³-hybridized carbons (Fsp3) is 0.273. The lowest BCUT2D eigenvalue weighted by Crippen LogP contribution is -2.20. The molecule has 1 amide bonds. The molecule has 0 bridgehead atoms. The van der Waals surface area contributed by atoms with Crippen molar-refractivity contribution in [3.05, 3.63) is 29.7 Å². The third-order valence-corrected chi connectivity index (χ3v) is 2.46. The highest BCUT2D eigenvalue weighted by molar-refractivity contribution is 5.90. The van der Waals surface area contributed by atoms with Crippen molar-refractivity contribution in [3.63, 3.8) is 0 Å². The molecular formula is C11H13N5O3. The summed E-state index contributed by atoms with van der Waals surface area (Å²) in [5, 5.41) is 19.3. The Morgan fingerprint density at radius 1 is 1.47 bits per heavy atom. The summed E-state index contributed by atoms with van der Waals surface area (Å²) in [5.41, 5.74) is 0.842. The van der Waals surface area contributed by atoms with Gasteiger partial charge in [-0.15, -0.1) is 0 Å². The first-order chi connectivity index (χ1) is 8.95. The van der Waals surface area contributed by atoms with E-state index in [4.69, 9.17) is 5.11 Å². The molecule has 0 aliphatic carbocycles. The summed E-state index contributed by atoms with van der Waals surface area (Å²) in [6.45, 7) is 1.76. The highest BCUT2D eigenvalue weighted by atomic mass is 16.4. The number of carboxylic acid groups (broad SMARTS) is 1. The molecule has 0 aliphatic rings. The summed E-state index contributed by atoms with van der Waals surface area (Å²) in [6.07, 6.45) is 2.50. The van der Waals surface area contributed by atoms with Gasteiger partial charge in [0.05, 0.1) is 17.5 Å². The average molecular weight is 263 g/mol. The molecule has 100 valence electrons. The van der Waals surface area contributed by atoms with Crippen LogP contribution >= 0.6 is 0 Å². The number of nitrogens with zero attached hydrogens (tertiary/aromatic N) is 4. The van der Waals surface area contributed by atoms with E-state index >= 15 is 0 Å². The fourth-order valence-electron chi connectivity index (χ4n) is 1.62. The highest BCUT2D eigenvalue weighted by Crippen LogP contribution is 2.08. The summed E-state index contributed by atoms with van der Waals surface area (Å²) in [4.78, 5) is 22.4. The zero-order chi connectivity index (χ0) is 14.0. The summed E-state index contributed by atoms with van der Waals surface area (Å²) in [6, 6.07) is 1.74. The van der Waals surface area contributed by atoms with Gasteiger partial charge in [0.1, 0.15) is 12.4 Å². The van der Waals surface area contributed by atoms with Gasteiger partial charge >= 0.3 is 5.97 Å². The molecule has 2 heterocycles. The molecule has 0 fully saturated rings. The van der Waals surface area contributed by atoms with Crippen LogP contribution in [0.5, 0.6) is 0 Å². The second kappa shape index (κ2) is 4.92. The molecule has 0 saturated carbocycles. The molecule has 0 aliphatic heterocycles. The van der Waals surface area contributed by atoms with E-state index in [2.05, 4.69) is 15.5 Å². The van der Waals surface area contributed by atoms with E-state index < -0.39 is 5.97 Å². The number of aromatic carboxylic acids is 1. The van der Waals surface area contributed by atoms with Crippen LogP contribution in [0.1, 0.15) is 16.1 Å². The smallest absolute Gasteiger partial charge is 0.338 e. The molecule has 2 N–H and O–H groups in total. The van der Waals surface area contributed by atoms with Gasteiger partial charge in [-0.2, -0.15) is 10.2 Å². The topological polar surface area (TPSA) is 102 Å². The molecule has 0 spiro atoms. The van der Waals surface area contributed by atoms with E-state index in [1.807, 2.05) is 6.92 Å². The molecule has 0 atom stereocenters. The minimum Gasteiger partial charge on any atom is -0.478 e. The summed E-state index contributed by atoms with van der Waals surface area (Å²) < 4.78 is 2.82. The monoisotopic (exact) mass is 263 g/mol. The molecule has 2 aromatic heterocycles. The summed E-state index contributed by atoms with van der Waals surface area (Å²) in [7, 11) is 1.72. The maximum absolute atomic E-state index is 11.8. The Morgan fingerprint density at radius 3 is 2.74 bits per heavy atom. The second-order valence-corrected chi connectivity index (χ2v) is 4.07. The fourth-order valence-corrected chi connectivity index (χ4v) is 1.62. The number of amides is 1. The van der Waals surface area contributed by atoms with E-state index in [0.29, 0.717) is 5.82 Å². The van der Waals surface area contributed by atoms with E-state index in [1.165, 1.54) is 17.1 Å². The van der Waals surface area contributed by atoms with Gasteiger partial charge in [-0.3, -0.25) is 14.2 Å². The van der Waals surface area contributed by atoms with Crippen molar-refractivity contribution >= 4 is 17.7 Å². The Labute approximate surface area is 108 Å². The first kappa shape index (κ1) is 12.8. The number of aromatic nitrogens is 4. The van der Waals surface area contributed by atoms with Gasteiger partial charge in [0.25, 0.3) is 0 Å². The van der Waals surface area contributed by atoms with E-state index in [9.17, 15) is 9.59 Å². The Kier molecular flexibility index (Phi) is 3.32. The maximum Gasteiger partial charge on any atom is 0.338 e. The summed E-state index contributed by atoms with van der Waals surface area (Å²) >= 11 is 0. The number of anilines is 1. The van der Waals surface area contributed by atoms with Gasteiger partial charge in [-0.25, -0.2) is 4.79 Å². The third kappa shape index (κ3) is 2.97. The zero-order valence-electron chi connectivity index (χ0n) is 10.5. The molecule has 19 heavy (non-hydrogen) atoms. The van der Waals surface area contributed by atoms with Gasteiger partial charge in [0.15, 0.2) is 0 Å². The molecule has 8 heteroatoms. The minimum absolute atomic E-state index is 0.0455. The van der Waals surface area contributed by atoms with Crippen molar-refractivity contribution in [1.82, 2.24) is 19.6 Å². The van der Waals surface area contributed by atoms with Crippen molar-refractivity contribution in [2.24, 2.45) is 7.05 Å². The lowest BCUT2D eigenvalue weighted by atomic mass is 10.4. The molecule has 0 radical (unpaired) electrons. The third-order valence-electron chi connectivity index (χ3n) is 2.46. The normalized spacial score (nSPS) is 10.4. The molecule has 0 unspecified atom stereocenters. The zero-order valence-corrected chi connectivity index (χ0v) is 10.5. The van der Waals surface area contributed by atoms with E-state index in [-0.39, 0.29) is 18.0 Å². The van der Waals surface area contributed by atoms with Gasteiger partial charge < -0.3 is 10.4 Å². The van der Waals surface area contributed by atoms with Crippen molar-refractivity contribution in [2.45, 2.75) is 13.5 Å². The van der Waals surface area contributed by atoms with Gasteiger partial charge in [-0.1, -0.05) is 0 Å². The quantitative estimate of drug-likeness (QED) is 0.823. The van der Waals surface area contributed by atoms with Crippen molar-refractivity contribution in [3.8, 4) is 0 Å². The Morgan fingerprint density at radius 2 is 2.21 bits per heavy atom. The average Bonchev–Trinajstić information content (AvgIpc) is 2.87. The first-order valence-electron chi connectivity index (χ1n) is 5.52. The number of hydrogen-bond donors (Lipinski definition) is 2. The maximum atomic E-state index is 11.8. The Balaban J connectivity index is 2.01. The number of carbonyl (C=O) groups excluding carboxylic acids is 1. The number of carbonyl (C=O) groups is 2. The van der Waals surface area contributed by atoms with Crippen LogP contribution in [0.15, 0.2) is 18.5 Å². The van der Waals surface area contributed by atoms with Crippen LogP contribution in [0.2, 0.25) is 0 Å². The van der Waals surface area contributed by atoms with Crippen LogP contribution in [0.3, 0.4) is 0 Å². The molecule has 2 rings (SSSR count). The largest absolute Gasteiger partial charge is 0.478 e. The number of hydrogen-bond acceptors (Lipinski definition) is 4.